The van der Waals surface area contributed by atoms with Crippen LogP contribution in [0, 0.1) is 0 Å². The molecule has 0 aromatic heterocycles. The minimum absolute atomic E-state index is 0.0799. The summed E-state index contributed by atoms with van der Waals surface area (Å²) >= 11 is 0. The van der Waals surface area contributed by atoms with Gasteiger partial charge in [-0.1, -0.05) is 0 Å². The zero-order valence-corrected chi connectivity index (χ0v) is 7.25. The summed E-state index contributed by atoms with van der Waals surface area (Å²) in [4.78, 5) is 12.4. The third-order valence-electron chi connectivity index (χ3n) is 1.88. The van der Waals surface area contributed by atoms with E-state index < -0.39 is 0 Å². The Bertz CT molecular complexity index is 161. The number of primary amides is 1. The van der Waals surface area contributed by atoms with Crippen molar-refractivity contribution < 1.29 is 9.53 Å². The molecule has 1 heterocycles. The molecule has 0 bridgehead atoms. The van der Waals surface area contributed by atoms with E-state index in [1.807, 2.05) is 7.05 Å². The molecule has 1 fully saturated rings. The second-order valence-corrected chi connectivity index (χ2v) is 2.83. The van der Waals surface area contributed by atoms with Crippen LogP contribution < -0.4 is 11.1 Å². The van der Waals surface area contributed by atoms with Gasteiger partial charge in [0, 0.05) is 19.6 Å². The van der Waals surface area contributed by atoms with E-state index in [1.165, 1.54) is 0 Å². The fourth-order valence-electron chi connectivity index (χ4n) is 1.27. The van der Waals surface area contributed by atoms with E-state index in [-0.39, 0.29) is 12.1 Å². The highest BCUT2D eigenvalue weighted by molar-refractivity contribution is 5.72. The van der Waals surface area contributed by atoms with Crippen molar-refractivity contribution >= 4 is 6.03 Å². The van der Waals surface area contributed by atoms with Crippen molar-refractivity contribution in [1.29, 1.82) is 0 Å². The third-order valence-corrected chi connectivity index (χ3v) is 1.88. The van der Waals surface area contributed by atoms with E-state index in [9.17, 15) is 4.79 Å². The molecule has 1 atom stereocenters. The summed E-state index contributed by atoms with van der Waals surface area (Å²) in [5.74, 6) is 0. The monoisotopic (exact) mass is 173 g/mol. The van der Waals surface area contributed by atoms with E-state index in [1.54, 1.807) is 4.90 Å². The fourth-order valence-corrected chi connectivity index (χ4v) is 1.27. The van der Waals surface area contributed by atoms with Gasteiger partial charge >= 0.3 is 6.03 Å². The first-order valence-electron chi connectivity index (χ1n) is 4.04. The van der Waals surface area contributed by atoms with Crippen LogP contribution in [0.2, 0.25) is 0 Å². The lowest BCUT2D eigenvalue weighted by molar-refractivity contribution is -0.0106. The van der Waals surface area contributed by atoms with Crippen molar-refractivity contribution in [3.05, 3.63) is 0 Å². The van der Waals surface area contributed by atoms with E-state index in [2.05, 4.69) is 5.32 Å². The van der Waals surface area contributed by atoms with E-state index >= 15 is 0 Å². The van der Waals surface area contributed by atoms with Crippen LogP contribution in [0.25, 0.3) is 0 Å². The average molecular weight is 173 g/mol. The van der Waals surface area contributed by atoms with Gasteiger partial charge in [0.15, 0.2) is 0 Å². The van der Waals surface area contributed by atoms with Crippen molar-refractivity contribution in [2.75, 3.05) is 33.3 Å². The Labute approximate surface area is 71.8 Å². The minimum Gasteiger partial charge on any atom is -0.373 e. The number of likely N-dealkylation sites (N-methyl/N-ethyl adjacent to an activating group) is 1. The molecule has 1 unspecified atom stereocenters. The molecule has 1 saturated heterocycles. The molecule has 12 heavy (non-hydrogen) atoms. The number of urea groups is 1. The Kier molecular flexibility index (Phi) is 3.31. The summed E-state index contributed by atoms with van der Waals surface area (Å²) in [7, 11) is 1.85. The van der Waals surface area contributed by atoms with Gasteiger partial charge in [0.1, 0.15) is 0 Å². The van der Waals surface area contributed by atoms with Gasteiger partial charge in [-0.05, 0) is 7.05 Å². The third kappa shape index (κ3) is 2.35. The Hall–Kier alpha value is -0.810. The average Bonchev–Trinajstić information content (AvgIpc) is 2.05. The highest BCUT2D eigenvalue weighted by atomic mass is 16.5. The van der Waals surface area contributed by atoms with Crippen LogP contribution in [0.1, 0.15) is 0 Å². The van der Waals surface area contributed by atoms with Crippen molar-refractivity contribution in [1.82, 2.24) is 10.2 Å². The molecule has 0 aliphatic carbocycles. The van der Waals surface area contributed by atoms with Crippen molar-refractivity contribution in [2.24, 2.45) is 5.73 Å². The molecule has 0 saturated carbocycles. The number of carbonyl (C=O) groups is 1. The molecular weight excluding hydrogens is 158 g/mol. The van der Waals surface area contributed by atoms with Gasteiger partial charge < -0.3 is 20.7 Å². The lowest BCUT2D eigenvalue weighted by Gasteiger charge is -2.31. The predicted molar refractivity (Wildman–Crippen MR) is 44.8 cm³/mol. The van der Waals surface area contributed by atoms with Gasteiger partial charge in [-0.2, -0.15) is 0 Å². The smallest absolute Gasteiger partial charge is 0.314 e. The molecule has 1 aliphatic rings. The van der Waals surface area contributed by atoms with Crippen LogP contribution in [0.4, 0.5) is 4.79 Å². The topological polar surface area (TPSA) is 67.6 Å². The molecule has 0 radical (unpaired) electrons. The van der Waals surface area contributed by atoms with Gasteiger partial charge in [0.25, 0.3) is 0 Å². The number of carbonyl (C=O) groups excluding carboxylic acids is 1. The maximum absolute atomic E-state index is 10.8. The van der Waals surface area contributed by atoms with Crippen molar-refractivity contribution in [2.45, 2.75) is 6.10 Å². The maximum atomic E-state index is 10.8. The number of morpholine rings is 1. The largest absolute Gasteiger partial charge is 0.373 e. The van der Waals surface area contributed by atoms with Gasteiger partial charge in [0.05, 0.1) is 12.7 Å². The number of hydrogen-bond acceptors (Lipinski definition) is 3. The normalized spacial score (nSPS) is 24.1. The molecule has 70 valence electrons. The SMILES string of the molecule is CNCC1CN(C(N)=O)CCO1. The Morgan fingerprint density at radius 2 is 2.58 bits per heavy atom. The Balaban J connectivity index is 2.35. The van der Waals surface area contributed by atoms with Crippen LogP contribution in [0.5, 0.6) is 0 Å². The van der Waals surface area contributed by atoms with Crippen LogP contribution in [0.15, 0.2) is 0 Å². The number of hydrogen-bond donors (Lipinski definition) is 2. The molecule has 3 N–H and O–H groups in total. The highest BCUT2D eigenvalue weighted by Gasteiger charge is 2.21. The van der Waals surface area contributed by atoms with Crippen molar-refractivity contribution in [3.63, 3.8) is 0 Å². The lowest BCUT2D eigenvalue weighted by atomic mass is 10.3. The summed E-state index contributed by atoms with van der Waals surface area (Å²) in [6.45, 7) is 2.53. The molecule has 5 nitrogen and oxygen atoms in total. The summed E-state index contributed by atoms with van der Waals surface area (Å²) in [5, 5.41) is 2.99. The molecule has 0 aromatic carbocycles. The lowest BCUT2D eigenvalue weighted by Crippen LogP contribution is -2.50. The van der Waals surface area contributed by atoms with E-state index in [4.69, 9.17) is 10.5 Å². The number of amides is 2. The van der Waals surface area contributed by atoms with E-state index in [0.29, 0.717) is 19.7 Å². The Morgan fingerprint density at radius 1 is 1.83 bits per heavy atom. The molecule has 5 heteroatoms. The first-order chi connectivity index (χ1) is 5.74. The minimum atomic E-state index is -0.362. The second-order valence-electron chi connectivity index (χ2n) is 2.83. The number of nitrogens with two attached hydrogens (primary N) is 1. The van der Waals surface area contributed by atoms with Gasteiger partial charge in [-0.3, -0.25) is 0 Å². The molecule has 1 rings (SSSR count). The summed E-state index contributed by atoms with van der Waals surface area (Å²) in [6.07, 6.45) is 0.0799. The van der Waals surface area contributed by atoms with Gasteiger partial charge in [-0.25, -0.2) is 4.79 Å². The predicted octanol–water partition coefficient (Wildman–Crippen LogP) is -1.01. The van der Waals surface area contributed by atoms with Crippen LogP contribution in [-0.2, 0) is 4.74 Å². The molecule has 0 aromatic rings. The number of nitrogens with one attached hydrogen (secondary N) is 1. The van der Waals surface area contributed by atoms with Crippen LogP contribution in [-0.4, -0.2) is 50.3 Å². The number of nitrogens with zero attached hydrogens (tertiary/aromatic N) is 1. The highest BCUT2D eigenvalue weighted by Crippen LogP contribution is 2.03. The van der Waals surface area contributed by atoms with Crippen molar-refractivity contribution in [3.8, 4) is 0 Å². The zero-order chi connectivity index (χ0) is 8.97. The summed E-state index contributed by atoms with van der Waals surface area (Å²) < 4.78 is 5.39. The summed E-state index contributed by atoms with van der Waals surface area (Å²) in [5.41, 5.74) is 5.14. The van der Waals surface area contributed by atoms with Crippen LogP contribution in [0.3, 0.4) is 0 Å². The maximum Gasteiger partial charge on any atom is 0.314 e. The molecule has 2 amide bonds. The fraction of sp³-hybridized carbons (Fsp3) is 0.857. The molecular formula is C7H15N3O2. The van der Waals surface area contributed by atoms with E-state index in [0.717, 1.165) is 6.54 Å². The molecule has 1 aliphatic heterocycles. The molecule has 0 spiro atoms. The van der Waals surface area contributed by atoms with Gasteiger partial charge in [-0.15, -0.1) is 0 Å². The standard InChI is InChI=1S/C7H15N3O2/c1-9-4-6-5-10(7(8)11)2-3-12-6/h6,9H,2-5H2,1H3,(H2,8,11). The van der Waals surface area contributed by atoms with Gasteiger partial charge in [0.2, 0.25) is 0 Å². The number of rotatable bonds is 2. The zero-order valence-electron chi connectivity index (χ0n) is 7.25. The quantitative estimate of drug-likeness (QED) is 0.562. The second kappa shape index (κ2) is 4.27. The first kappa shape index (κ1) is 9.28. The first-order valence-corrected chi connectivity index (χ1v) is 4.04. The number of ether oxygens (including phenoxy) is 1. The van der Waals surface area contributed by atoms with Crippen LogP contribution >= 0.6 is 0 Å². The summed E-state index contributed by atoms with van der Waals surface area (Å²) in [6, 6.07) is -0.362. The Morgan fingerprint density at radius 3 is 3.17 bits per heavy atom.